The van der Waals surface area contributed by atoms with Crippen molar-refractivity contribution in [3.8, 4) is 5.75 Å². The summed E-state index contributed by atoms with van der Waals surface area (Å²) in [6.07, 6.45) is 0. The van der Waals surface area contributed by atoms with Gasteiger partial charge in [-0.15, -0.1) is 0 Å². The summed E-state index contributed by atoms with van der Waals surface area (Å²) >= 11 is 0. The van der Waals surface area contributed by atoms with Gasteiger partial charge in [-0.05, 0) is 37.3 Å². The Bertz CT molecular complexity index is 901. The number of anilines is 2. The van der Waals surface area contributed by atoms with Crippen LogP contribution in [-0.2, 0) is 9.59 Å². The van der Waals surface area contributed by atoms with Crippen molar-refractivity contribution in [3.05, 3.63) is 59.8 Å². The molecule has 3 rings (SSSR count). The average Bonchev–Trinajstić information content (AvgIpc) is 2.91. The van der Waals surface area contributed by atoms with Gasteiger partial charge in [0.2, 0.25) is 0 Å². The van der Waals surface area contributed by atoms with E-state index in [1.165, 1.54) is 4.90 Å². The molecule has 0 saturated heterocycles. The van der Waals surface area contributed by atoms with E-state index in [1.54, 1.807) is 26.2 Å². The van der Waals surface area contributed by atoms with Gasteiger partial charge in [-0.3, -0.25) is 14.5 Å². The number of carbonyl (C=O) groups excluding carboxylic acids is 2. The van der Waals surface area contributed by atoms with Crippen molar-refractivity contribution in [2.75, 3.05) is 38.0 Å². The normalized spacial score (nSPS) is 14.0. The van der Waals surface area contributed by atoms with E-state index in [2.05, 4.69) is 5.32 Å². The average molecular weight is 365 g/mol. The van der Waals surface area contributed by atoms with E-state index in [1.807, 2.05) is 55.4 Å². The molecule has 1 N–H and O–H groups in total. The Balaban J connectivity index is 2.07. The molecule has 0 bridgehead atoms. The summed E-state index contributed by atoms with van der Waals surface area (Å²) in [4.78, 5) is 29.0. The minimum Gasteiger partial charge on any atom is -0.496 e. The van der Waals surface area contributed by atoms with E-state index in [0.29, 0.717) is 23.4 Å². The summed E-state index contributed by atoms with van der Waals surface area (Å²) in [5, 5.41) is 3.14. The number of methoxy groups -OCH3 is 1. The van der Waals surface area contributed by atoms with Crippen LogP contribution in [0.2, 0.25) is 0 Å². The summed E-state index contributed by atoms with van der Waals surface area (Å²) in [5.74, 6) is -0.103. The molecule has 0 fully saturated rings. The molecule has 2 aromatic rings. The van der Waals surface area contributed by atoms with Crippen LogP contribution in [-0.4, -0.2) is 44.5 Å². The third kappa shape index (κ3) is 3.38. The highest BCUT2D eigenvalue weighted by molar-refractivity contribution is 6.37. The van der Waals surface area contributed by atoms with Gasteiger partial charge in [-0.1, -0.05) is 18.2 Å². The first-order valence-corrected chi connectivity index (χ1v) is 8.76. The zero-order valence-corrected chi connectivity index (χ0v) is 15.9. The first-order chi connectivity index (χ1) is 13.0. The third-order valence-electron chi connectivity index (χ3n) is 4.51. The van der Waals surface area contributed by atoms with Crippen LogP contribution < -0.4 is 15.0 Å². The summed E-state index contributed by atoms with van der Waals surface area (Å²) < 4.78 is 5.40. The van der Waals surface area contributed by atoms with E-state index in [4.69, 9.17) is 4.74 Å². The molecule has 27 heavy (non-hydrogen) atoms. The fourth-order valence-corrected chi connectivity index (χ4v) is 3.07. The number of imide groups is 1. The first-order valence-electron chi connectivity index (χ1n) is 8.76. The standard InChI is InChI=1S/C21H23N3O3/c1-5-24-20(25)18(16-8-6-7-9-17(16)27-4)19(21(24)26)22-14-10-12-15(13-11-14)23(2)3/h6-13,22H,5H2,1-4H3. The van der Waals surface area contributed by atoms with Crippen molar-refractivity contribution in [2.24, 2.45) is 0 Å². The van der Waals surface area contributed by atoms with Gasteiger partial charge in [-0.2, -0.15) is 0 Å². The molecule has 0 aliphatic carbocycles. The van der Waals surface area contributed by atoms with Crippen molar-refractivity contribution in [1.29, 1.82) is 0 Å². The monoisotopic (exact) mass is 365 g/mol. The van der Waals surface area contributed by atoms with Crippen LogP contribution in [0, 0.1) is 0 Å². The number of amides is 2. The van der Waals surface area contributed by atoms with E-state index in [9.17, 15) is 9.59 Å². The van der Waals surface area contributed by atoms with Crippen molar-refractivity contribution in [2.45, 2.75) is 6.92 Å². The second-order valence-corrected chi connectivity index (χ2v) is 6.37. The van der Waals surface area contributed by atoms with E-state index >= 15 is 0 Å². The van der Waals surface area contributed by atoms with Gasteiger partial charge in [0.05, 0.1) is 12.7 Å². The van der Waals surface area contributed by atoms with Crippen molar-refractivity contribution in [1.82, 2.24) is 4.90 Å². The molecular weight excluding hydrogens is 342 g/mol. The van der Waals surface area contributed by atoms with Gasteiger partial charge >= 0.3 is 0 Å². The van der Waals surface area contributed by atoms with Gasteiger partial charge in [0.1, 0.15) is 11.4 Å². The van der Waals surface area contributed by atoms with Gasteiger partial charge in [-0.25, -0.2) is 0 Å². The Morgan fingerprint density at radius 1 is 1.00 bits per heavy atom. The van der Waals surface area contributed by atoms with Gasteiger partial charge < -0.3 is 15.0 Å². The molecule has 0 spiro atoms. The highest BCUT2D eigenvalue weighted by atomic mass is 16.5. The second kappa shape index (κ2) is 7.53. The number of benzene rings is 2. The van der Waals surface area contributed by atoms with Crippen LogP contribution in [0.25, 0.3) is 5.57 Å². The number of likely N-dealkylation sites (N-methyl/N-ethyl adjacent to an activating group) is 1. The van der Waals surface area contributed by atoms with Gasteiger partial charge in [0.15, 0.2) is 0 Å². The van der Waals surface area contributed by atoms with Crippen LogP contribution >= 0.6 is 0 Å². The highest BCUT2D eigenvalue weighted by Gasteiger charge is 2.39. The Kier molecular flexibility index (Phi) is 5.16. The number of hydrogen-bond donors (Lipinski definition) is 1. The smallest absolute Gasteiger partial charge is 0.278 e. The number of rotatable bonds is 6. The van der Waals surface area contributed by atoms with Crippen molar-refractivity contribution < 1.29 is 14.3 Å². The zero-order valence-electron chi connectivity index (χ0n) is 15.9. The molecule has 6 heteroatoms. The lowest BCUT2D eigenvalue weighted by Crippen LogP contribution is -2.32. The van der Waals surface area contributed by atoms with E-state index < -0.39 is 0 Å². The number of hydrogen-bond acceptors (Lipinski definition) is 5. The maximum atomic E-state index is 12.9. The third-order valence-corrected chi connectivity index (χ3v) is 4.51. The molecule has 140 valence electrons. The van der Waals surface area contributed by atoms with Crippen molar-refractivity contribution >= 4 is 28.8 Å². The number of nitrogens with one attached hydrogen (secondary N) is 1. The van der Waals surface area contributed by atoms with Crippen LogP contribution in [0.1, 0.15) is 12.5 Å². The molecule has 0 radical (unpaired) electrons. The molecule has 1 aliphatic rings. The lowest BCUT2D eigenvalue weighted by atomic mass is 10.0. The molecule has 0 aromatic heterocycles. The molecule has 2 aromatic carbocycles. The molecule has 1 aliphatic heterocycles. The lowest BCUT2D eigenvalue weighted by molar-refractivity contribution is -0.136. The minimum absolute atomic E-state index is 0.268. The SMILES string of the molecule is CCN1C(=O)C(Nc2ccc(N(C)C)cc2)=C(c2ccccc2OC)C1=O. The Labute approximate surface area is 159 Å². The maximum Gasteiger partial charge on any atom is 0.278 e. The summed E-state index contributed by atoms with van der Waals surface area (Å²) in [5.41, 5.74) is 2.98. The highest BCUT2D eigenvalue weighted by Crippen LogP contribution is 2.35. The quantitative estimate of drug-likeness (QED) is 0.798. The van der Waals surface area contributed by atoms with Crippen molar-refractivity contribution in [3.63, 3.8) is 0 Å². The van der Waals surface area contributed by atoms with Crippen LogP contribution in [0.5, 0.6) is 5.75 Å². The first kappa shape index (κ1) is 18.5. The number of ether oxygens (including phenoxy) is 1. The zero-order chi connectivity index (χ0) is 19.6. The summed E-state index contributed by atoms with van der Waals surface area (Å²) in [6, 6.07) is 14.9. The molecule has 0 atom stereocenters. The summed E-state index contributed by atoms with van der Waals surface area (Å²) in [6.45, 7) is 2.09. The van der Waals surface area contributed by atoms with E-state index in [-0.39, 0.29) is 17.5 Å². The maximum absolute atomic E-state index is 12.9. The molecule has 0 saturated carbocycles. The fraction of sp³-hybridized carbons (Fsp3) is 0.238. The number of carbonyl (C=O) groups is 2. The lowest BCUT2D eigenvalue weighted by Gasteiger charge is -2.14. The minimum atomic E-state index is -0.333. The molecule has 2 amide bonds. The predicted octanol–water partition coefficient (Wildman–Crippen LogP) is 2.97. The van der Waals surface area contributed by atoms with E-state index in [0.717, 1.165) is 11.4 Å². The second-order valence-electron chi connectivity index (χ2n) is 6.37. The molecular formula is C21H23N3O3. The number of para-hydroxylation sites is 1. The predicted molar refractivity (Wildman–Crippen MR) is 107 cm³/mol. The van der Waals surface area contributed by atoms with Gasteiger partial charge in [0.25, 0.3) is 11.8 Å². The molecule has 6 nitrogen and oxygen atoms in total. The Morgan fingerprint density at radius 2 is 1.67 bits per heavy atom. The number of nitrogens with zero attached hydrogens (tertiary/aromatic N) is 2. The van der Waals surface area contributed by atoms with Crippen LogP contribution in [0.15, 0.2) is 54.2 Å². The van der Waals surface area contributed by atoms with Crippen LogP contribution in [0.4, 0.5) is 11.4 Å². The topological polar surface area (TPSA) is 61.9 Å². The van der Waals surface area contributed by atoms with Gasteiger partial charge in [0, 0.05) is 37.6 Å². The van der Waals surface area contributed by atoms with Crippen LogP contribution in [0.3, 0.4) is 0 Å². The Hall–Kier alpha value is -3.28. The summed E-state index contributed by atoms with van der Waals surface area (Å²) in [7, 11) is 5.47. The Morgan fingerprint density at radius 3 is 2.26 bits per heavy atom. The fourth-order valence-electron chi connectivity index (χ4n) is 3.07. The molecule has 1 heterocycles. The molecule has 0 unspecified atom stereocenters. The largest absolute Gasteiger partial charge is 0.496 e.